The second kappa shape index (κ2) is 3.80. The molecule has 3 rings (SSSR count). The second-order valence-corrected chi connectivity index (χ2v) is 4.15. The van der Waals surface area contributed by atoms with E-state index in [1.54, 1.807) is 10.7 Å². The average Bonchev–Trinajstić information content (AvgIpc) is 2.67. The molecule has 3 aromatic rings. The number of hydrogen-bond acceptors (Lipinski definition) is 4. The van der Waals surface area contributed by atoms with Crippen molar-refractivity contribution in [2.24, 2.45) is 0 Å². The Morgan fingerprint density at radius 1 is 1.22 bits per heavy atom. The van der Waals surface area contributed by atoms with Gasteiger partial charge in [0, 0.05) is 11.9 Å². The van der Waals surface area contributed by atoms with E-state index in [4.69, 9.17) is 0 Å². The molecule has 3 aromatic heterocycles. The van der Waals surface area contributed by atoms with Crippen LogP contribution in [0, 0.1) is 13.8 Å². The van der Waals surface area contributed by atoms with Crippen molar-refractivity contribution in [2.45, 2.75) is 13.8 Å². The Morgan fingerprint density at radius 2 is 2.06 bits per heavy atom. The van der Waals surface area contributed by atoms with Crippen LogP contribution in [0.15, 0.2) is 30.5 Å². The van der Waals surface area contributed by atoms with Crippen molar-refractivity contribution >= 4 is 5.65 Å². The van der Waals surface area contributed by atoms with Crippen molar-refractivity contribution in [1.29, 1.82) is 0 Å². The van der Waals surface area contributed by atoms with Crippen LogP contribution in [0.25, 0.3) is 16.9 Å². The summed E-state index contributed by atoms with van der Waals surface area (Å²) in [6.07, 6.45) is 1.71. The standard InChI is InChI=1S/C13H12N4O/c1-8-7-11(18)15-13-12(9(2)16-17(8)13)10-5-3-4-6-14-10/h3-7H,1-2H3,(H,15,18)/p-1. The van der Waals surface area contributed by atoms with Crippen LogP contribution in [-0.4, -0.2) is 19.6 Å². The Morgan fingerprint density at radius 3 is 2.78 bits per heavy atom. The zero-order chi connectivity index (χ0) is 12.7. The topological polar surface area (TPSA) is 66.1 Å². The number of hydrogen-bond donors (Lipinski definition) is 0. The van der Waals surface area contributed by atoms with Gasteiger partial charge in [0.2, 0.25) is 0 Å². The summed E-state index contributed by atoms with van der Waals surface area (Å²) < 4.78 is 1.68. The summed E-state index contributed by atoms with van der Waals surface area (Å²) in [4.78, 5) is 8.33. The highest BCUT2D eigenvalue weighted by Gasteiger charge is 2.14. The van der Waals surface area contributed by atoms with Gasteiger partial charge in [0.25, 0.3) is 0 Å². The molecule has 0 saturated heterocycles. The number of aryl methyl sites for hydroxylation is 2. The third kappa shape index (κ3) is 1.52. The number of nitrogens with zero attached hydrogens (tertiary/aromatic N) is 4. The van der Waals surface area contributed by atoms with Crippen molar-refractivity contribution in [3.8, 4) is 17.1 Å². The van der Waals surface area contributed by atoms with Gasteiger partial charge >= 0.3 is 0 Å². The Labute approximate surface area is 104 Å². The number of aromatic nitrogens is 4. The van der Waals surface area contributed by atoms with Gasteiger partial charge in [-0.1, -0.05) is 6.07 Å². The van der Waals surface area contributed by atoms with Crippen LogP contribution in [0.5, 0.6) is 5.88 Å². The van der Waals surface area contributed by atoms with Gasteiger partial charge < -0.3 is 5.11 Å². The summed E-state index contributed by atoms with van der Waals surface area (Å²) in [6, 6.07) is 7.11. The Hall–Kier alpha value is -2.43. The normalized spacial score (nSPS) is 11.0. The summed E-state index contributed by atoms with van der Waals surface area (Å²) in [7, 11) is 0. The van der Waals surface area contributed by atoms with Crippen LogP contribution in [0.1, 0.15) is 11.4 Å². The first kappa shape index (κ1) is 10.7. The van der Waals surface area contributed by atoms with E-state index in [1.165, 1.54) is 6.07 Å². The molecule has 0 aliphatic rings. The number of fused-ring (bicyclic) bond motifs is 1. The Balaban J connectivity index is 2.39. The SMILES string of the molecule is Cc1nn2c(C)cc([O-])nc2c1-c1ccccn1. The molecule has 0 amide bonds. The lowest BCUT2D eigenvalue weighted by atomic mass is 10.1. The summed E-state index contributed by atoms with van der Waals surface area (Å²) in [6.45, 7) is 3.73. The molecule has 5 nitrogen and oxygen atoms in total. The molecular weight excluding hydrogens is 228 g/mol. The zero-order valence-corrected chi connectivity index (χ0v) is 10.1. The zero-order valence-electron chi connectivity index (χ0n) is 10.1. The van der Waals surface area contributed by atoms with Crippen LogP contribution in [0.3, 0.4) is 0 Å². The molecular formula is C13H11N4O-. The third-order valence-corrected chi connectivity index (χ3v) is 2.84. The van der Waals surface area contributed by atoms with Crippen LogP contribution in [0.2, 0.25) is 0 Å². The van der Waals surface area contributed by atoms with Crippen LogP contribution in [0.4, 0.5) is 0 Å². The highest BCUT2D eigenvalue weighted by molar-refractivity contribution is 5.77. The first-order valence-corrected chi connectivity index (χ1v) is 5.62. The molecule has 0 fully saturated rings. The van der Waals surface area contributed by atoms with Crippen LogP contribution < -0.4 is 5.11 Å². The predicted octanol–water partition coefficient (Wildman–Crippen LogP) is 1.48. The first-order valence-electron chi connectivity index (χ1n) is 5.62. The van der Waals surface area contributed by atoms with E-state index >= 15 is 0 Å². The fraction of sp³-hybridized carbons (Fsp3) is 0.154. The summed E-state index contributed by atoms with van der Waals surface area (Å²) >= 11 is 0. The number of rotatable bonds is 1. The van der Waals surface area contributed by atoms with Gasteiger partial charge in [-0.3, -0.25) is 4.98 Å². The Kier molecular flexibility index (Phi) is 2.26. The molecule has 0 saturated carbocycles. The van der Waals surface area contributed by atoms with E-state index in [1.807, 2.05) is 32.0 Å². The van der Waals surface area contributed by atoms with Gasteiger partial charge in [0.1, 0.15) is 0 Å². The lowest BCUT2D eigenvalue weighted by molar-refractivity contribution is -0.274. The maximum absolute atomic E-state index is 11.5. The van der Waals surface area contributed by atoms with Crippen molar-refractivity contribution in [3.05, 3.63) is 41.9 Å². The lowest BCUT2D eigenvalue weighted by Gasteiger charge is -2.07. The van der Waals surface area contributed by atoms with Gasteiger partial charge in [-0.15, -0.1) is 0 Å². The van der Waals surface area contributed by atoms with E-state index in [0.717, 1.165) is 22.6 Å². The van der Waals surface area contributed by atoms with Gasteiger partial charge in [-0.25, -0.2) is 9.50 Å². The summed E-state index contributed by atoms with van der Waals surface area (Å²) in [5.74, 6) is -0.253. The molecule has 0 bridgehead atoms. The largest absolute Gasteiger partial charge is 0.859 e. The monoisotopic (exact) mass is 239 g/mol. The van der Waals surface area contributed by atoms with E-state index in [9.17, 15) is 5.11 Å². The van der Waals surface area contributed by atoms with Gasteiger partial charge in [-0.05, 0) is 37.9 Å². The van der Waals surface area contributed by atoms with E-state index in [-0.39, 0.29) is 5.88 Å². The van der Waals surface area contributed by atoms with E-state index < -0.39 is 0 Å². The summed E-state index contributed by atoms with van der Waals surface area (Å²) in [5.41, 5.74) is 3.75. The average molecular weight is 239 g/mol. The fourth-order valence-electron chi connectivity index (χ4n) is 2.05. The van der Waals surface area contributed by atoms with Gasteiger partial charge in [0.05, 0.1) is 17.0 Å². The van der Waals surface area contributed by atoms with Gasteiger partial charge in [0.15, 0.2) is 5.65 Å². The molecule has 0 unspecified atom stereocenters. The molecule has 0 spiro atoms. The molecule has 0 N–H and O–H groups in total. The van der Waals surface area contributed by atoms with Crippen molar-refractivity contribution in [1.82, 2.24) is 19.6 Å². The van der Waals surface area contributed by atoms with E-state index in [0.29, 0.717) is 5.65 Å². The Bertz CT molecular complexity index is 719. The molecule has 18 heavy (non-hydrogen) atoms. The van der Waals surface area contributed by atoms with Gasteiger partial charge in [-0.2, -0.15) is 5.10 Å². The molecule has 0 aliphatic heterocycles. The van der Waals surface area contributed by atoms with E-state index in [2.05, 4.69) is 15.1 Å². The highest BCUT2D eigenvalue weighted by Crippen LogP contribution is 2.26. The van der Waals surface area contributed by atoms with Crippen LogP contribution in [-0.2, 0) is 0 Å². The van der Waals surface area contributed by atoms with Crippen molar-refractivity contribution in [3.63, 3.8) is 0 Å². The first-order chi connectivity index (χ1) is 8.66. The minimum absolute atomic E-state index is 0.253. The highest BCUT2D eigenvalue weighted by atomic mass is 16.3. The minimum Gasteiger partial charge on any atom is -0.859 e. The third-order valence-electron chi connectivity index (χ3n) is 2.84. The summed E-state index contributed by atoms with van der Waals surface area (Å²) in [5, 5.41) is 15.9. The van der Waals surface area contributed by atoms with Crippen molar-refractivity contribution < 1.29 is 5.11 Å². The maximum atomic E-state index is 11.5. The molecule has 5 heteroatoms. The quantitative estimate of drug-likeness (QED) is 0.645. The molecule has 0 aliphatic carbocycles. The molecule has 0 atom stereocenters. The molecule has 3 heterocycles. The lowest BCUT2D eigenvalue weighted by Crippen LogP contribution is -2.01. The fourth-order valence-corrected chi connectivity index (χ4v) is 2.05. The van der Waals surface area contributed by atoms with Crippen LogP contribution >= 0.6 is 0 Å². The number of pyridine rings is 1. The minimum atomic E-state index is -0.253. The second-order valence-electron chi connectivity index (χ2n) is 4.15. The molecule has 0 aromatic carbocycles. The van der Waals surface area contributed by atoms with Crippen molar-refractivity contribution in [2.75, 3.05) is 0 Å². The smallest absolute Gasteiger partial charge is 0.164 e. The molecule has 90 valence electrons. The predicted molar refractivity (Wildman–Crippen MR) is 65.1 cm³/mol. The maximum Gasteiger partial charge on any atom is 0.164 e. The molecule has 0 radical (unpaired) electrons.